The maximum atomic E-state index is 11.0. The highest BCUT2D eigenvalue weighted by atomic mass is 16.6. The molecule has 0 radical (unpaired) electrons. The molecule has 0 fully saturated rings. The van der Waals surface area contributed by atoms with Gasteiger partial charge in [0.25, 0.3) is 5.69 Å². The summed E-state index contributed by atoms with van der Waals surface area (Å²) in [5.74, 6) is -1.01. The van der Waals surface area contributed by atoms with Crippen LogP contribution < -0.4 is 5.32 Å². The molecule has 6 heteroatoms. The van der Waals surface area contributed by atoms with Gasteiger partial charge >= 0.3 is 5.97 Å². The second-order valence-corrected chi connectivity index (χ2v) is 3.62. The van der Waals surface area contributed by atoms with Crippen molar-refractivity contribution in [1.29, 1.82) is 0 Å². The molecule has 16 heavy (non-hydrogen) atoms. The monoisotopic (exact) mass is 222 g/mol. The molecule has 0 amide bonds. The van der Waals surface area contributed by atoms with Gasteiger partial charge in [-0.1, -0.05) is 6.07 Å². The van der Waals surface area contributed by atoms with Crippen LogP contribution in [-0.4, -0.2) is 22.5 Å². The summed E-state index contributed by atoms with van der Waals surface area (Å²) in [5, 5.41) is 22.4. The third kappa shape index (κ3) is 1.74. The predicted octanol–water partition coefficient (Wildman–Crippen LogP) is 0.866. The van der Waals surface area contributed by atoms with Gasteiger partial charge in [0, 0.05) is 18.7 Å². The minimum atomic E-state index is -1.01. The Morgan fingerprint density at radius 1 is 1.56 bits per heavy atom. The first-order valence-electron chi connectivity index (χ1n) is 4.83. The summed E-state index contributed by atoms with van der Waals surface area (Å²) in [5.41, 5.74) is 1.28. The minimum absolute atomic E-state index is 0.0753. The van der Waals surface area contributed by atoms with Crippen molar-refractivity contribution in [1.82, 2.24) is 5.32 Å². The van der Waals surface area contributed by atoms with Crippen LogP contribution in [0.4, 0.5) is 5.69 Å². The summed E-state index contributed by atoms with van der Waals surface area (Å²) in [6.07, 6.45) is 0.692. The van der Waals surface area contributed by atoms with Crippen molar-refractivity contribution in [3.63, 3.8) is 0 Å². The molecule has 2 N–H and O–H groups in total. The predicted molar refractivity (Wildman–Crippen MR) is 55.2 cm³/mol. The average molecular weight is 222 g/mol. The Morgan fingerprint density at radius 3 is 2.94 bits per heavy atom. The molecule has 0 aromatic heterocycles. The number of non-ortho nitro benzene ring substituents is 1. The molecule has 1 unspecified atom stereocenters. The minimum Gasteiger partial charge on any atom is -0.480 e. The van der Waals surface area contributed by atoms with Crippen molar-refractivity contribution in [2.45, 2.75) is 12.5 Å². The number of nitro benzene ring substituents is 1. The van der Waals surface area contributed by atoms with E-state index in [0.717, 1.165) is 5.56 Å². The Balaban J connectivity index is 2.48. The molecule has 1 aromatic carbocycles. The zero-order chi connectivity index (χ0) is 11.7. The van der Waals surface area contributed by atoms with Crippen molar-refractivity contribution < 1.29 is 14.8 Å². The highest BCUT2D eigenvalue weighted by Crippen LogP contribution is 2.27. The fourth-order valence-electron chi connectivity index (χ4n) is 1.87. The van der Waals surface area contributed by atoms with Crippen LogP contribution in [0, 0.1) is 10.1 Å². The van der Waals surface area contributed by atoms with Crippen molar-refractivity contribution in [2.75, 3.05) is 6.54 Å². The summed E-state index contributed by atoms with van der Waals surface area (Å²) >= 11 is 0. The van der Waals surface area contributed by atoms with Crippen LogP contribution in [0.3, 0.4) is 0 Å². The van der Waals surface area contributed by atoms with Gasteiger partial charge in [0.1, 0.15) is 6.04 Å². The second kappa shape index (κ2) is 3.90. The first kappa shape index (κ1) is 10.6. The maximum Gasteiger partial charge on any atom is 0.325 e. The normalized spacial score (nSPS) is 18.9. The Hall–Kier alpha value is -1.95. The second-order valence-electron chi connectivity index (χ2n) is 3.62. The first-order valence-corrected chi connectivity index (χ1v) is 4.83. The van der Waals surface area contributed by atoms with E-state index < -0.39 is 16.9 Å². The van der Waals surface area contributed by atoms with Crippen LogP contribution in [0.1, 0.15) is 17.2 Å². The van der Waals surface area contributed by atoms with E-state index in [2.05, 4.69) is 5.32 Å². The molecule has 0 bridgehead atoms. The van der Waals surface area contributed by atoms with E-state index in [4.69, 9.17) is 5.11 Å². The summed E-state index contributed by atoms with van der Waals surface area (Å²) in [6.45, 7) is 0.571. The third-order valence-corrected chi connectivity index (χ3v) is 2.64. The molecule has 1 aromatic rings. The molecular formula is C10H10N2O4. The highest BCUT2D eigenvalue weighted by Gasteiger charge is 2.27. The maximum absolute atomic E-state index is 11.0. The zero-order valence-electron chi connectivity index (χ0n) is 8.34. The van der Waals surface area contributed by atoms with Crippen LogP contribution >= 0.6 is 0 Å². The number of fused-ring (bicyclic) bond motifs is 1. The van der Waals surface area contributed by atoms with Crippen LogP contribution in [0.15, 0.2) is 18.2 Å². The van der Waals surface area contributed by atoms with Gasteiger partial charge in [-0.3, -0.25) is 14.9 Å². The lowest BCUT2D eigenvalue weighted by atomic mass is 9.94. The molecule has 1 aliphatic heterocycles. The number of rotatable bonds is 2. The number of carbonyl (C=O) groups is 1. The average Bonchev–Trinajstić information content (AvgIpc) is 2.27. The standard InChI is InChI=1S/C10H10N2O4/c13-10(14)9-8-5-7(12(15)16)2-1-6(8)3-4-11-9/h1-2,5,9,11H,3-4H2,(H,13,14). The number of nitrogens with one attached hydrogen (secondary N) is 1. The fraction of sp³-hybridized carbons (Fsp3) is 0.300. The van der Waals surface area contributed by atoms with Crippen molar-refractivity contribution in [3.8, 4) is 0 Å². The molecule has 2 rings (SSSR count). The lowest BCUT2D eigenvalue weighted by molar-refractivity contribution is -0.384. The number of hydrogen-bond donors (Lipinski definition) is 2. The molecule has 84 valence electrons. The largest absolute Gasteiger partial charge is 0.480 e. The molecule has 6 nitrogen and oxygen atoms in total. The third-order valence-electron chi connectivity index (χ3n) is 2.64. The van der Waals surface area contributed by atoms with Gasteiger partial charge in [-0.25, -0.2) is 0 Å². The van der Waals surface area contributed by atoms with Gasteiger partial charge in [-0.15, -0.1) is 0 Å². The van der Waals surface area contributed by atoms with E-state index in [1.54, 1.807) is 6.07 Å². The first-order chi connectivity index (χ1) is 7.59. The molecule has 1 atom stereocenters. The smallest absolute Gasteiger partial charge is 0.325 e. The number of hydrogen-bond acceptors (Lipinski definition) is 4. The summed E-state index contributed by atoms with van der Waals surface area (Å²) in [7, 11) is 0. The van der Waals surface area contributed by atoms with Crippen LogP contribution in [0.2, 0.25) is 0 Å². The van der Waals surface area contributed by atoms with Crippen molar-refractivity contribution in [2.24, 2.45) is 0 Å². The van der Waals surface area contributed by atoms with Gasteiger partial charge in [-0.2, -0.15) is 0 Å². The quantitative estimate of drug-likeness (QED) is 0.572. The molecular weight excluding hydrogens is 212 g/mol. The van der Waals surface area contributed by atoms with Crippen molar-refractivity contribution in [3.05, 3.63) is 39.4 Å². The van der Waals surface area contributed by atoms with E-state index in [9.17, 15) is 14.9 Å². The molecule has 1 aliphatic rings. The van der Waals surface area contributed by atoms with E-state index in [1.165, 1.54) is 12.1 Å². The fourth-order valence-corrected chi connectivity index (χ4v) is 1.87. The van der Waals surface area contributed by atoms with E-state index in [-0.39, 0.29) is 5.69 Å². The Kier molecular flexibility index (Phi) is 2.57. The lowest BCUT2D eigenvalue weighted by Gasteiger charge is -2.23. The van der Waals surface area contributed by atoms with E-state index >= 15 is 0 Å². The van der Waals surface area contributed by atoms with Gasteiger partial charge in [0.15, 0.2) is 0 Å². The number of benzene rings is 1. The summed E-state index contributed by atoms with van der Waals surface area (Å²) in [6, 6.07) is 3.52. The number of carboxylic acid groups (broad SMARTS) is 1. The number of nitrogens with zero attached hydrogens (tertiary/aromatic N) is 1. The molecule has 0 aliphatic carbocycles. The van der Waals surface area contributed by atoms with Gasteiger partial charge in [0.05, 0.1) is 4.92 Å². The van der Waals surface area contributed by atoms with Crippen molar-refractivity contribution >= 4 is 11.7 Å². The molecule has 1 heterocycles. The van der Waals surface area contributed by atoms with E-state index in [1.807, 2.05) is 0 Å². The summed E-state index contributed by atoms with van der Waals surface area (Å²) in [4.78, 5) is 21.0. The molecule has 0 spiro atoms. The van der Waals surface area contributed by atoms with Crippen LogP contribution in [0.25, 0.3) is 0 Å². The number of aliphatic carboxylic acids is 1. The Morgan fingerprint density at radius 2 is 2.31 bits per heavy atom. The topological polar surface area (TPSA) is 92.5 Å². The molecule has 0 saturated carbocycles. The van der Waals surface area contributed by atoms with E-state index in [0.29, 0.717) is 18.5 Å². The zero-order valence-corrected chi connectivity index (χ0v) is 8.34. The Bertz CT molecular complexity index is 458. The number of nitro groups is 1. The number of carboxylic acids is 1. The van der Waals surface area contributed by atoms with Crippen LogP contribution in [0.5, 0.6) is 0 Å². The van der Waals surface area contributed by atoms with Gasteiger partial charge < -0.3 is 10.4 Å². The van der Waals surface area contributed by atoms with Gasteiger partial charge in [0.2, 0.25) is 0 Å². The van der Waals surface area contributed by atoms with Crippen LogP contribution in [-0.2, 0) is 11.2 Å². The SMILES string of the molecule is O=C(O)C1NCCc2ccc([N+](=O)[O-])cc21. The lowest BCUT2D eigenvalue weighted by Crippen LogP contribution is -2.35. The Labute approximate surface area is 91.0 Å². The highest BCUT2D eigenvalue weighted by molar-refractivity contribution is 5.77. The summed E-state index contributed by atoms with van der Waals surface area (Å²) < 4.78 is 0. The van der Waals surface area contributed by atoms with Gasteiger partial charge in [-0.05, 0) is 17.5 Å². The molecule has 0 saturated heterocycles.